The first-order chi connectivity index (χ1) is 21.2. The van der Waals surface area contributed by atoms with E-state index in [0.29, 0.717) is 17.3 Å². The van der Waals surface area contributed by atoms with Crippen LogP contribution in [0.2, 0.25) is 0 Å². The molecule has 0 aliphatic heterocycles. The Morgan fingerprint density at radius 2 is 1.73 bits per heavy atom. The number of fused-ring (bicyclic) bond motifs is 2. The number of carboxylic acid groups (broad SMARTS) is 1. The molecule has 0 bridgehead atoms. The number of nitrogens with one attached hydrogen (secondary N) is 1. The molecule has 45 heavy (non-hydrogen) atoms. The van der Waals surface area contributed by atoms with Gasteiger partial charge in [-0.25, -0.2) is 15.0 Å². The molecule has 5 aromatic rings. The molecule has 1 amide bonds. The van der Waals surface area contributed by atoms with Crippen molar-refractivity contribution < 1.29 is 44.3 Å². The minimum absolute atomic E-state index is 0. The van der Waals surface area contributed by atoms with Crippen molar-refractivity contribution in [2.24, 2.45) is 14.1 Å². The molecule has 0 unspecified atom stereocenters. The third-order valence-corrected chi connectivity index (χ3v) is 9.81. The second-order valence-corrected chi connectivity index (χ2v) is 13.0. The number of rotatable bonds is 7. The first-order valence-electron chi connectivity index (χ1n) is 15.0. The molecule has 2 aromatic carbocycles. The van der Waals surface area contributed by atoms with Crippen molar-refractivity contribution in [3.05, 3.63) is 81.9 Å². The average molecular weight is 676 g/mol. The largest absolute Gasteiger partial charge is 1.00 e. The number of imidazole rings is 1. The number of hydrogen-bond acceptors (Lipinski definition) is 6. The zero-order valence-electron chi connectivity index (χ0n) is 25.6. The Bertz CT molecular complexity index is 1970. The van der Waals surface area contributed by atoms with E-state index in [1.807, 2.05) is 49.0 Å². The third-order valence-electron chi connectivity index (χ3n) is 9.40. The SMILES string of the molecule is Cn1c(C2(NC(=O)c3ccc4c(C5CCCC5)c(-c5ncc(Br)cn5)n(C)c4c3)CCC2)nc2cc(/C=C/C(=O)[O-])ccc21.[Na+]. The minimum Gasteiger partial charge on any atom is -0.545 e. The van der Waals surface area contributed by atoms with E-state index < -0.39 is 11.5 Å². The normalized spacial score (nSPS) is 16.2. The fourth-order valence-corrected chi connectivity index (χ4v) is 7.28. The molecule has 2 aliphatic carbocycles. The number of aryl methyl sites for hydroxylation is 2. The van der Waals surface area contributed by atoms with Crippen molar-refractivity contribution >= 4 is 55.8 Å². The van der Waals surface area contributed by atoms with Crippen LogP contribution in [-0.4, -0.2) is 36.0 Å². The predicted molar refractivity (Wildman–Crippen MR) is 171 cm³/mol. The van der Waals surface area contributed by atoms with E-state index in [2.05, 4.69) is 41.8 Å². The molecule has 0 radical (unpaired) electrons. The summed E-state index contributed by atoms with van der Waals surface area (Å²) in [6.07, 6.45) is 13.3. The summed E-state index contributed by atoms with van der Waals surface area (Å²) >= 11 is 3.45. The number of hydrogen-bond donors (Lipinski definition) is 1. The van der Waals surface area contributed by atoms with Gasteiger partial charge in [0.2, 0.25) is 0 Å². The maximum atomic E-state index is 13.9. The van der Waals surface area contributed by atoms with Gasteiger partial charge in [0, 0.05) is 43.0 Å². The van der Waals surface area contributed by atoms with Gasteiger partial charge in [-0.15, -0.1) is 0 Å². The van der Waals surface area contributed by atoms with Crippen molar-refractivity contribution in [2.75, 3.05) is 0 Å². The first-order valence-corrected chi connectivity index (χ1v) is 15.8. The molecule has 9 nitrogen and oxygen atoms in total. The smallest absolute Gasteiger partial charge is 0.545 e. The summed E-state index contributed by atoms with van der Waals surface area (Å²) in [6.45, 7) is 0. The van der Waals surface area contributed by atoms with Gasteiger partial charge < -0.3 is 24.4 Å². The van der Waals surface area contributed by atoms with Gasteiger partial charge in [0.1, 0.15) is 5.82 Å². The zero-order chi connectivity index (χ0) is 30.6. The third kappa shape index (κ3) is 5.67. The standard InChI is InChI=1S/C34H33BrN6O3.Na/c1-40-27-17-22(10-11-24(27)29(21-6-3-4-7-21)30(40)31-36-18-23(35)19-37-31)32(44)39-34(14-5-15-34)33-38-25-16-20(9-13-28(42)43)8-12-26(25)41(33)2;/h8-13,16-19,21H,3-7,14-15H2,1-2H3,(H,39,44)(H,42,43);/q;+1/p-1/b13-9+;. The van der Waals surface area contributed by atoms with Crippen LogP contribution >= 0.6 is 15.9 Å². The van der Waals surface area contributed by atoms with Crippen LogP contribution in [0.3, 0.4) is 0 Å². The fourth-order valence-electron chi connectivity index (χ4n) is 7.08. The van der Waals surface area contributed by atoms with E-state index in [1.165, 1.54) is 24.5 Å². The maximum absolute atomic E-state index is 13.9. The number of carboxylic acids is 1. The van der Waals surface area contributed by atoms with Crippen LogP contribution in [0.1, 0.15) is 78.2 Å². The van der Waals surface area contributed by atoms with Gasteiger partial charge in [0.05, 0.1) is 32.7 Å². The van der Waals surface area contributed by atoms with Crippen LogP contribution in [0.4, 0.5) is 0 Å². The van der Waals surface area contributed by atoms with Crippen LogP contribution in [0.5, 0.6) is 0 Å². The van der Waals surface area contributed by atoms with Gasteiger partial charge >= 0.3 is 29.6 Å². The van der Waals surface area contributed by atoms with Crippen molar-refractivity contribution in [2.45, 2.75) is 56.4 Å². The molecule has 2 saturated carbocycles. The Hall–Kier alpha value is -3.31. The number of aliphatic carboxylic acids is 1. The monoisotopic (exact) mass is 674 g/mol. The summed E-state index contributed by atoms with van der Waals surface area (Å²) in [7, 11) is 3.99. The van der Waals surface area contributed by atoms with E-state index in [1.54, 1.807) is 12.4 Å². The molecular weight excluding hydrogens is 643 g/mol. The van der Waals surface area contributed by atoms with Crippen LogP contribution in [0.25, 0.3) is 39.5 Å². The molecule has 1 N–H and O–H groups in total. The molecule has 2 fully saturated rings. The number of carbonyl (C=O) groups is 2. The van der Waals surface area contributed by atoms with Crippen LogP contribution in [0.15, 0.2) is 59.3 Å². The number of amides is 1. The Kier molecular flexibility index (Phi) is 8.78. The van der Waals surface area contributed by atoms with Gasteiger partial charge in [-0.3, -0.25) is 4.79 Å². The molecule has 0 spiro atoms. The molecule has 2 aliphatic rings. The van der Waals surface area contributed by atoms with Gasteiger partial charge in [-0.05, 0) is 95.4 Å². The number of benzene rings is 2. The zero-order valence-corrected chi connectivity index (χ0v) is 29.2. The number of carbonyl (C=O) groups excluding carboxylic acids is 2. The Morgan fingerprint density at radius 1 is 1.00 bits per heavy atom. The maximum Gasteiger partial charge on any atom is 1.00 e. The Labute approximate surface area is 291 Å². The van der Waals surface area contributed by atoms with E-state index in [-0.39, 0.29) is 35.5 Å². The molecule has 224 valence electrons. The van der Waals surface area contributed by atoms with Crippen molar-refractivity contribution in [1.29, 1.82) is 0 Å². The van der Waals surface area contributed by atoms with E-state index >= 15 is 0 Å². The minimum atomic E-state index is -1.25. The summed E-state index contributed by atoms with van der Waals surface area (Å²) in [5.41, 5.74) is 5.68. The molecule has 11 heteroatoms. The van der Waals surface area contributed by atoms with Crippen LogP contribution in [-0.2, 0) is 24.4 Å². The van der Waals surface area contributed by atoms with E-state index in [0.717, 1.165) is 81.7 Å². The topological polar surface area (TPSA) is 118 Å². The molecule has 7 rings (SSSR count). The van der Waals surface area contributed by atoms with E-state index in [9.17, 15) is 14.7 Å². The second kappa shape index (κ2) is 12.5. The Morgan fingerprint density at radius 3 is 2.40 bits per heavy atom. The summed E-state index contributed by atoms with van der Waals surface area (Å²) in [5, 5.41) is 15.4. The number of aromatic nitrogens is 5. The van der Waals surface area contributed by atoms with Gasteiger partial charge in [-0.2, -0.15) is 0 Å². The first kappa shape index (κ1) is 31.7. The molecule has 0 atom stereocenters. The van der Waals surface area contributed by atoms with Crippen molar-refractivity contribution in [3.63, 3.8) is 0 Å². The predicted octanol–water partition coefficient (Wildman–Crippen LogP) is 2.52. The van der Waals surface area contributed by atoms with E-state index in [4.69, 9.17) is 4.98 Å². The summed E-state index contributed by atoms with van der Waals surface area (Å²) < 4.78 is 5.00. The molecule has 0 saturated heterocycles. The fraction of sp³-hybridized carbons (Fsp3) is 0.324. The van der Waals surface area contributed by atoms with Gasteiger partial charge in [0.15, 0.2) is 5.82 Å². The number of nitrogens with zero attached hydrogens (tertiary/aromatic N) is 5. The quantitative estimate of drug-likeness (QED) is 0.210. The summed E-state index contributed by atoms with van der Waals surface area (Å²) in [5.74, 6) is 0.540. The number of halogens is 1. The van der Waals surface area contributed by atoms with Crippen molar-refractivity contribution in [3.8, 4) is 11.5 Å². The van der Waals surface area contributed by atoms with Crippen LogP contribution < -0.4 is 40.0 Å². The molecular formula is C34H32BrN6NaO3. The van der Waals surface area contributed by atoms with Gasteiger partial charge in [0.25, 0.3) is 5.91 Å². The average Bonchev–Trinajstić information content (AvgIpc) is 3.71. The molecule has 3 heterocycles. The van der Waals surface area contributed by atoms with Crippen molar-refractivity contribution in [1.82, 2.24) is 29.4 Å². The summed E-state index contributed by atoms with van der Waals surface area (Å²) in [6, 6.07) is 11.6. The Balaban J connectivity index is 0.00000357. The summed E-state index contributed by atoms with van der Waals surface area (Å²) in [4.78, 5) is 39.0. The van der Waals surface area contributed by atoms with Gasteiger partial charge in [-0.1, -0.05) is 31.1 Å². The molecule has 3 aromatic heterocycles. The van der Waals surface area contributed by atoms with Crippen LogP contribution in [0, 0.1) is 0 Å². The second-order valence-electron chi connectivity index (χ2n) is 12.0.